The zero-order valence-corrected chi connectivity index (χ0v) is 38.4. The number of hydrogen-bond acceptors (Lipinski definition) is 4. The predicted octanol–water partition coefficient (Wildman–Crippen LogP) is 12.9. The monoisotopic (exact) mass is 898 g/mol. The third-order valence-corrected chi connectivity index (χ3v) is 18.4. The highest BCUT2D eigenvalue weighted by Gasteiger charge is 2.41. The summed E-state index contributed by atoms with van der Waals surface area (Å²) in [5.74, 6) is 1.79. The molecule has 0 amide bonds. The van der Waals surface area contributed by atoms with E-state index in [-0.39, 0.29) is 0 Å². The number of hydrogen-bond donors (Lipinski definition) is 0. The number of aromatic nitrogens is 4. The highest BCUT2D eigenvalue weighted by Crippen LogP contribution is 2.37. The first-order valence-corrected chi connectivity index (χ1v) is 25.3. The van der Waals surface area contributed by atoms with Crippen LogP contribution in [0.2, 0.25) is 0 Å². The van der Waals surface area contributed by atoms with Gasteiger partial charge in [-0.1, -0.05) is 224 Å². The SMILES string of the molecule is c1ccc([Si](c2ccccc2)(c2ccccc2)c2ccc(-c3nc(-c4ccc(-c5cccc6c5oc5ccccc56)cc4)nc(-c4cccc(-n5c6ccccc6c6ccccc65)c4)n3)cc2)cc1. The fourth-order valence-corrected chi connectivity index (χ4v) is 15.2. The molecule has 0 saturated heterocycles. The lowest BCUT2D eigenvalue weighted by Gasteiger charge is -2.34. The third-order valence-electron chi connectivity index (χ3n) is 13.6. The molecule has 13 aromatic rings. The standard InChI is InChI=1S/C63H42N4OSi/c1-4-20-48(21-5-1)69(49-22-6-2-7-23-49,50-24-8-3-9-25-50)51-40-38-45(39-41-51)62-64-61(44-36-34-43(35-37-44)52-29-17-30-56-55-28-12-15-33-59(55)68-60(52)56)65-63(66-62)46-18-16-19-47(42-46)67-57-31-13-10-26-53(57)54-27-11-14-32-58(54)67/h1-42H. The largest absolute Gasteiger partial charge is 0.455 e. The van der Waals surface area contributed by atoms with Gasteiger partial charge in [-0.05, 0) is 56.6 Å². The second-order valence-corrected chi connectivity index (χ2v) is 21.3. The lowest BCUT2D eigenvalue weighted by molar-refractivity contribution is 0.670. The van der Waals surface area contributed by atoms with Gasteiger partial charge in [0.15, 0.2) is 25.5 Å². The lowest BCUT2D eigenvalue weighted by atomic mass is 10.0. The van der Waals surface area contributed by atoms with E-state index in [9.17, 15) is 0 Å². The maximum atomic E-state index is 6.44. The molecule has 10 aromatic carbocycles. The minimum absolute atomic E-state index is 0.594. The summed E-state index contributed by atoms with van der Waals surface area (Å²) in [7, 11) is -2.75. The van der Waals surface area contributed by atoms with E-state index in [0.717, 1.165) is 66.5 Å². The zero-order valence-electron chi connectivity index (χ0n) is 37.4. The van der Waals surface area contributed by atoms with Crippen LogP contribution in [0, 0.1) is 0 Å². The third kappa shape index (κ3) is 6.80. The molecule has 69 heavy (non-hydrogen) atoms. The number of rotatable bonds is 9. The smallest absolute Gasteiger partial charge is 0.179 e. The van der Waals surface area contributed by atoms with Crippen LogP contribution in [0.25, 0.3) is 94.7 Å². The van der Waals surface area contributed by atoms with Crippen molar-refractivity contribution in [2.75, 3.05) is 0 Å². The molecule has 0 aliphatic rings. The van der Waals surface area contributed by atoms with Crippen molar-refractivity contribution in [1.82, 2.24) is 19.5 Å². The molecule has 0 N–H and O–H groups in total. The summed E-state index contributed by atoms with van der Waals surface area (Å²) in [6.07, 6.45) is 0. The number of furan rings is 1. The minimum Gasteiger partial charge on any atom is -0.455 e. The molecule has 0 atom stereocenters. The fraction of sp³-hybridized carbons (Fsp3) is 0. The van der Waals surface area contributed by atoms with Crippen LogP contribution in [0.5, 0.6) is 0 Å². The Hall–Kier alpha value is -8.97. The van der Waals surface area contributed by atoms with E-state index >= 15 is 0 Å². The molecule has 324 valence electrons. The Balaban J connectivity index is 0.964. The van der Waals surface area contributed by atoms with Crippen molar-refractivity contribution in [3.63, 3.8) is 0 Å². The maximum absolute atomic E-state index is 6.44. The molecule has 0 aliphatic carbocycles. The van der Waals surface area contributed by atoms with Crippen LogP contribution in [-0.2, 0) is 0 Å². The molecule has 0 fully saturated rings. The molecular weight excluding hydrogens is 857 g/mol. The Morgan fingerprint density at radius 2 is 0.754 bits per heavy atom. The molecule has 0 unspecified atom stereocenters. The molecule has 3 aromatic heterocycles. The van der Waals surface area contributed by atoms with Crippen molar-refractivity contribution in [2.45, 2.75) is 0 Å². The molecule has 3 heterocycles. The molecule has 13 rings (SSSR count). The molecule has 0 radical (unpaired) electrons. The van der Waals surface area contributed by atoms with E-state index in [1.165, 1.54) is 31.5 Å². The summed E-state index contributed by atoms with van der Waals surface area (Å²) >= 11 is 0. The predicted molar refractivity (Wildman–Crippen MR) is 287 cm³/mol. The van der Waals surface area contributed by atoms with Crippen molar-refractivity contribution in [3.8, 4) is 51.0 Å². The van der Waals surface area contributed by atoms with Crippen molar-refractivity contribution < 1.29 is 4.42 Å². The minimum atomic E-state index is -2.75. The molecular formula is C63H42N4OSi. The van der Waals surface area contributed by atoms with Crippen LogP contribution in [0.1, 0.15) is 0 Å². The van der Waals surface area contributed by atoms with Gasteiger partial charge in [0, 0.05) is 49.5 Å². The van der Waals surface area contributed by atoms with Crippen molar-refractivity contribution in [3.05, 3.63) is 255 Å². The molecule has 0 spiro atoms. The molecule has 0 saturated carbocycles. The Bertz CT molecular complexity index is 3850. The highest BCUT2D eigenvalue weighted by atomic mass is 28.3. The zero-order chi connectivity index (χ0) is 45.7. The highest BCUT2D eigenvalue weighted by molar-refractivity contribution is 7.19. The van der Waals surface area contributed by atoms with Crippen LogP contribution in [0.3, 0.4) is 0 Å². The second-order valence-electron chi connectivity index (χ2n) is 17.5. The van der Waals surface area contributed by atoms with Crippen molar-refractivity contribution >= 4 is 72.6 Å². The second kappa shape index (κ2) is 16.7. The van der Waals surface area contributed by atoms with Gasteiger partial charge >= 0.3 is 0 Å². The summed E-state index contributed by atoms with van der Waals surface area (Å²) in [6.45, 7) is 0. The van der Waals surface area contributed by atoms with E-state index in [0.29, 0.717) is 17.5 Å². The average Bonchev–Trinajstić information content (AvgIpc) is 3.98. The van der Waals surface area contributed by atoms with Crippen LogP contribution >= 0.6 is 0 Å². The van der Waals surface area contributed by atoms with E-state index in [1.807, 2.05) is 12.1 Å². The van der Waals surface area contributed by atoms with Crippen molar-refractivity contribution in [1.29, 1.82) is 0 Å². The fourth-order valence-electron chi connectivity index (χ4n) is 10.5. The summed E-state index contributed by atoms with van der Waals surface area (Å²) in [5.41, 5.74) is 9.86. The van der Waals surface area contributed by atoms with Gasteiger partial charge in [0.1, 0.15) is 11.2 Å². The normalized spacial score (nSPS) is 11.8. The summed E-state index contributed by atoms with van der Waals surface area (Å²) in [4.78, 5) is 15.8. The summed E-state index contributed by atoms with van der Waals surface area (Å²) in [6, 6.07) is 90.8. The molecule has 0 aliphatic heterocycles. The van der Waals surface area contributed by atoms with Gasteiger partial charge in [-0.25, -0.2) is 15.0 Å². The maximum Gasteiger partial charge on any atom is 0.179 e. The Morgan fingerprint density at radius 1 is 0.319 bits per heavy atom. The summed E-state index contributed by atoms with van der Waals surface area (Å²) in [5, 5.41) is 9.88. The quantitative estimate of drug-likeness (QED) is 0.107. The number of nitrogens with zero attached hydrogens (tertiary/aromatic N) is 4. The molecule has 0 bridgehead atoms. The van der Waals surface area contributed by atoms with Crippen LogP contribution in [0.15, 0.2) is 259 Å². The van der Waals surface area contributed by atoms with Gasteiger partial charge in [-0.2, -0.15) is 0 Å². The summed E-state index contributed by atoms with van der Waals surface area (Å²) < 4.78 is 8.77. The van der Waals surface area contributed by atoms with Crippen LogP contribution < -0.4 is 20.7 Å². The molecule has 5 nitrogen and oxygen atoms in total. The topological polar surface area (TPSA) is 56.7 Å². The van der Waals surface area contributed by atoms with E-state index in [2.05, 4.69) is 247 Å². The average molecular weight is 899 g/mol. The Kier molecular flexibility index (Phi) is 9.77. The number of benzene rings is 10. The van der Waals surface area contributed by atoms with Crippen molar-refractivity contribution in [2.24, 2.45) is 0 Å². The van der Waals surface area contributed by atoms with Gasteiger partial charge in [0.25, 0.3) is 0 Å². The number of para-hydroxylation sites is 4. The Labute approximate surface area is 400 Å². The van der Waals surface area contributed by atoms with Gasteiger partial charge < -0.3 is 8.98 Å². The Morgan fingerprint density at radius 3 is 1.33 bits per heavy atom. The van der Waals surface area contributed by atoms with Gasteiger partial charge in [0.05, 0.1) is 11.0 Å². The van der Waals surface area contributed by atoms with E-state index in [4.69, 9.17) is 19.4 Å². The first kappa shape index (κ1) is 40.3. The lowest BCUT2D eigenvalue weighted by Crippen LogP contribution is -2.74. The first-order valence-electron chi connectivity index (χ1n) is 23.3. The molecule has 6 heteroatoms. The van der Waals surface area contributed by atoms with E-state index < -0.39 is 8.07 Å². The van der Waals surface area contributed by atoms with Gasteiger partial charge in [0.2, 0.25) is 0 Å². The van der Waals surface area contributed by atoms with Gasteiger partial charge in [-0.3, -0.25) is 0 Å². The first-order chi connectivity index (χ1) is 34.2. The van der Waals surface area contributed by atoms with E-state index in [1.54, 1.807) is 0 Å². The number of fused-ring (bicyclic) bond motifs is 6. The van der Waals surface area contributed by atoms with Crippen LogP contribution in [-0.4, -0.2) is 27.6 Å². The van der Waals surface area contributed by atoms with Crippen LogP contribution in [0.4, 0.5) is 0 Å². The van der Waals surface area contributed by atoms with Gasteiger partial charge in [-0.15, -0.1) is 0 Å².